The van der Waals surface area contributed by atoms with E-state index in [1.807, 2.05) is 42.2 Å². The largest absolute Gasteiger partial charge is 0.480 e. The van der Waals surface area contributed by atoms with Crippen LogP contribution in [0.5, 0.6) is 0 Å². The number of aliphatic carboxylic acids is 1. The molecule has 132 valence electrons. The second-order valence-electron chi connectivity index (χ2n) is 6.08. The molecule has 7 heteroatoms. The van der Waals surface area contributed by atoms with Gasteiger partial charge in [0.2, 0.25) is 5.91 Å². The summed E-state index contributed by atoms with van der Waals surface area (Å²) in [7, 11) is 0. The quantitative estimate of drug-likeness (QED) is 0.886. The highest BCUT2D eigenvalue weighted by Gasteiger charge is 2.34. The van der Waals surface area contributed by atoms with Crippen molar-refractivity contribution < 1.29 is 14.7 Å². The van der Waals surface area contributed by atoms with E-state index in [4.69, 9.17) is 0 Å². The molecular weight excluding hydrogens is 338 g/mol. The van der Waals surface area contributed by atoms with Crippen LogP contribution in [0.2, 0.25) is 0 Å². The van der Waals surface area contributed by atoms with E-state index in [1.165, 1.54) is 0 Å². The van der Waals surface area contributed by atoms with Gasteiger partial charge in [-0.1, -0.05) is 18.2 Å². The molecule has 2 heterocycles. The van der Waals surface area contributed by atoms with E-state index < -0.39 is 12.0 Å². The summed E-state index contributed by atoms with van der Waals surface area (Å²) < 4.78 is 0. The molecular formula is C18H21N3O3S. The zero-order valence-electron chi connectivity index (χ0n) is 14.1. The van der Waals surface area contributed by atoms with Gasteiger partial charge in [0.05, 0.1) is 17.7 Å². The SMILES string of the molecule is Cc1ncsc1CCC(=O)N1CCN(c2ccccc2)[C@H](C(=O)O)C1. The van der Waals surface area contributed by atoms with Crippen molar-refractivity contribution in [2.45, 2.75) is 25.8 Å². The van der Waals surface area contributed by atoms with Crippen LogP contribution in [0, 0.1) is 6.92 Å². The maximum atomic E-state index is 12.5. The molecule has 1 aliphatic heterocycles. The Bertz CT molecular complexity index is 747. The van der Waals surface area contributed by atoms with Crippen molar-refractivity contribution in [3.63, 3.8) is 0 Å². The maximum Gasteiger partial charge on any atom is 0.328 e. The van der Waals surface area contributed by atoms with Gasteiger partial charge in [0.1, 0.15) is 6.04 Å². The summed E-state index contributed by atoms with van der Waals surface area (Å²) >= 11 is 1.56. The Morgan fingerprint density at radius 3 is 2.68 bits per heavy atom. The highest BCUT2D eigenvalue weighted by Crippen LogP contribution is 2.22. The van der Waals surface area contributed by atoms with Crippen molar-refractivity contribution >= 4 is 28.9 Å². The van der Waals surface area contributed by atoms with Crippen molar-refractivity contribution in [2.24, 2.45) is 0 Å². The predicted molar refractivity (Wildman–Crippen MR) is 97.0 cm³/mol. The summed E-state index contributed by atoms with van der Waals surface area (Å²) in [6.07, 6.45) is 1.05. The average Bonchev–Trinajstić information content (AvgIpc) is 3.04. The van der Waals surface area contributed by atoms with E-state index in [2.05, 4.69) is 4.98 Å². The molecule has 0 saturated carbocycles. The number of rotatable bonds is 5. The van der Waals surface area contributed by atoms with Crippen LogP contribution in [-0.4, -0.2) is 52.5 Å². The number of carbonyl (C=O) groups excluding carboxylic acids is 1. The van der Waals surface area contributed by atoms with Crippen molar-refractivity contribution in [3.05, 3.63) is 46.4 Å². The van der Waals surface area contributed by atoms with Gasteiger partial charge in [0, 0.05) is 30.1 Å². The van der Waals surface area contributed by atoms with E-state index in [0.717, 1.165) is 16.3 Å². The lowest BCUT2D eigenvalue weighted by Crippen LogP contribution is -2.58. The molecule has 3 rings (SSSR count). The molecule has 0 aliphatic carbocycles. The number of anilines is 1. The number of nitrogens with zero attached hydrogens (tertiary/aromatic N) is 3. The maximum absolute atomic E-state index is 12.5. The number of piperazine rings is 1. The summed E-state index contributed by atoms with van der Waals surface area (Å²) in [5.74, 6) is -0.897. The molecule has 0 bridgehead atoms. The number of aromatic nitrogens is 1. The van der Waals surface area contributed by atoms with Crippen molar-refractivity contribution in [1.29, 1.82) is 0 Å². The fraction of sp³-hybridized carbons (Fsp3) is 0.389. The van der Waals surface area contributed by atoms with Crippen molar-refractivity contribution in [3.8, 4) is 0 Å². The molecule has 1 aromatic heterocycles. The third-order valence-electron chi connectivity index (χ3n) is 4.52. The molecule has 1 fully saturated rings. The number of hydrogen-bond donors (Lipinski definition) is 1. The normalized spacial score (nSPS) is 17.6. The number of amides is 1. The summed E-state index contributed by atoms with van der Waals surface area (Å²) in [5, 5.41) is 9.60. The molecule has 2 aromatic rings. The first-order valence-corrected chi connectivity index (χ1v) is 9.15. The molecule has 0 radical (unpaired) electrons. The van der Waals surface area contributed by atoms with Crippen LogP contribution in [0.15, 0.2) is 35.8 Å². The highest BCUT2D eigenvalue weighted by molar-refractivity contribution is 7.09. The minimum absolute atomic E-state index is 0.00626. The van der Waals surface area contributed by atoms with Gasteiger partial charge in [-0.3, -0.25) is 4.79 Å². The predicted octanol–water partition coefficient (Wildman–Crippen LogP) is 2.19. The Labute approximate surface area is 150 Å². The van der Waals surface area contributed by atoms with Gasteiger partial charge < -0.3 is 14.9 Å². The zero-order chi connectivity index (χ0) is 17.8. The third-order valence-corrected chi connectivity index (χ3v) is 5.51. The van der Waals surface area contributed by atoms with E-state index in [-0.39, 0.29) is 12.5 Å². The van der Waals surface area contributed by atoms with E-state index in [0.29, 0.717) is 25.9 Å². The van der Waals surface area contributed by atoms with Crippen LogP contribution in [0.1, 0.15) is 17.0 Å². The minimum atomic E-state index is -0.903. The number of carboxylic acid groups (broad SMARTS) is 1. The van der Waals surface area contributed by atoms with Gasteiger partial charge in [-0.2, -0.15) is 0 Å². The fourth-order valence-electron chi connectivity index (χ4n) is 3.09. The molecule has 1 amide bonds. The van der Waals surface area contributed by atoms with Gasteiger partial charge in [-0.15, -0.1) is 11.3 Å². The van der Waals surface area contributed by atoms with Gasteiger partial charge in [-0.25, -0.2) is 9.78 Å². The Balaban J connectivity index is 1.64. The third kappa shape index (κ3) is 3.99. The second kappa shape index (κ2) is 7.65. The summed E-state index contributed by atoms with van der Waals surface area (Å²) in [4.78, 5) is 33.1. The summed E-state index contributed by atoms with van der Waals surface area (Å²) in [6.45, 7) is 3.21. The highest BCUT2D eigenvalue weighted by atomic mass is 32.1. The van der Waals surface area contributed by atoms with Crippen LogP contribution >= 0.6 is 11.3 Å². The summed E-state index contributed by atoms with van der Waals surface area (Å²) in [5.41, 5.74) is 3.63. The molecule has 1 aliphatic rings. The van der Waals surface area contributed by atoms with Crippen molar-refractivity contribution in [1.82, 2.24) is 9.88 Å². The van der Waals surface area contributed by atoms with E-state index in [9.17, 15) is 14.7 Å². The fourth-order valence-corrected chi connectivity index (χ4v) is 3.88. The first-order valence-electron chi connectivity index (χ1n) is 8.27. The molecule has 0 unspecified atom stereocenters. The van der Waals surface area contributed by atoms with Gasteiger partial charge in [-0.05, 0) is 25.5 Å². The Morgan fingerprint density at radius 1 is 1.28 bits per heavy atom. The first kappa shape index (κ1) is 17.4. The van der Waals surface area contributed by atoms with Crippen LogP contribution in [0.4, 0.5) is 5.69 Å². The zero-order valence-corrected chi connectivity index (χ0v) is 14.9. The molecule has 6 nitrogen and oxygen atoms in total. The second-order valence-corrected chi connectivity index (χ2v) is 7.02. The van der Waals surface area contributed by atoms with Gasteiger partial charge in [0.15, 0.2) is 0 Å². The van der Waals surface area contributed by atoms with E-state index >= 15 is 0 Å². The van der Waals surface area contributed by atoms with Crippen LogP contribution in [-0.2, 0) is 16.0 Å². The molecule has 1 atom stereocenters. The van der Waals surface area contributed by atoms with Crippen LogP contribution < -0.4 is 4.90 Å². The lowest BCUT2D eigenvalue weighted by atomic mass is 10.1. The number of carboxylic acids is 1. The molecule has 1 saturated heterocycles. The Kier molecular flexibility index (Phi) is 5.33. The molecule has 0 spiro atoms. The van der Waals surface area contributed by atoms with Crippen LogP contribution in [0.3, 0.4) is 0 Å². The topological polar surface area (TPSA) is 73.7 Å². The average molecular weight is 359 g/mol. The summed E-state index contributed by atoms with van der Waals surface area (Å²) in [6, 6.07) is 8.78. The monoisotopic (exact) mass is 359 g/mol. The number of para-hydroxylation sites is 1. The Morgan fingerprint density at radius 2 is 2.04 bits per heavy atom. The molecule has 1 N–H and O–H groups in total. The van der Waals surface area contributed by atoms with Crippen LogP contribution in [0.25, 0.3) is 0 Å². The number of carbonyl (C=O) groups is 2. The molecule has 1 aromatic carbocycles. The minimum Gasteiger partial charge on any atom is -0.480 e. The Hall–Kier alpha value is -2.41. The number of benzene rings is 1. The van der Waals surface area contributed by atoms with Crippen molar-refractivity contribution in [2.75, 3.05) is 24.5 Å². The van der Waals surface area contributed by atoms with Gasteiger partial charge >= 0.3 is 5.97 Å². The number of hydrogen-bond acceptors (Lipinski definition) is 5. The number of aryl methyl sites for hydroxylation is 2. The molecule has 25 heavy (non-hydrogen) atoms. The lowest BCUT2D eigenvalue weighted by molar-refractivity contribution is -0.141. The first-order chi connectivity index (χ1) is 12.1. The lowest BCUT2D eigenvalue weighted by Gasteiger charge is -2.40. The standard InChI is InChI=1S/C18H21N3O3S/c1-13-16(25-12-19-13)7-8-17(22)20-9-10-21(15(11-20)18(23)24)14-5-3-2-4-6-14/h2-6,12,15H,7-11H2,1H3,(H,23,24)/t15-/m0/s1. The van der Waals surface area contributed by atoms with Gasteiger partial charge in [0.25, 0.3) is 0 Å². The smallest absolute Gasteiger partial charge is 0.328 e. The van der Waals surface area contributed by atoms with E-state index in [1.54, 1.807) is 21.7 Å². The number of thiazole rings is 1.